The zero-order chi connectivity index (χ0) is 14.8. The maximum atomic E-state index is 12.2. The highest BCUT2D eigenvalue weighted by Crippen LogP contribution is 2.29. The van der Waals surface area contributed by atoms with Gasteiger partial charge < -0.3 is 0 Å². The Bertz CT molecular complexity index is 445. The Kier molecular flexibility index (Phi) is 6.75. The summed E-state index contributed by atoms with van der Waals surface area (Å²) in [5, 5.41) is 9.36. The van der Waals surface area contributed by atoms with Crippen LogP contribution in [0.3, 0.4) is 0 Å². The fraction of sp³-hybridized carbons (Fsp3) is 0.500. The summed E-state index contributed by atoms with van der Waals surface area (Å²) in [4.78, 5) is 17.4. The highest BCUT2D eigenvalue weighted by atomic mass is 16.6. The van der Waals surface area contributed by atoms with E-state index in [0.717, 1.165) is 18.4 Å². The summed E-state index contributed by atoms with van der Waals surface area (Å²) in [6, 6.07) is 11.8. The van der Waals surface area contributed by atoms with E-state index < -0.39 is 5.41 Å². The monoisotopic (exact) mass is 274 g/mol. The normalized spacial score (nSPS) is 10.8. The van der Waals surface area contributed by atoms with Crippen LogP contribution in [0.5, 0.6) is 0 Å². The van der Waals surface area contributed by atoms with E-state index in [0.29, 0.717) is 19.4 Å². The molecule has 0 aliphatic heterocycles. The number of benzene rings is 1. The Morgan fingerprint density at radius 2 is 1.85 bits per heavy atom. The van der Waals surface area contributed by atoms with Gasteiger partial charge in [0.1, 0.15) is 5.41 Å². The van der Waals surface area contributed by atoms with Gasteiger partial charge in [-0.15, -0.1) is 0 Å². The molecule has 0 bridgehead atoms. The number of amides is 1. The van der Waals surface area contributed by atoms with E-state index in [1.807, 2.05) is 44.2 Å². The molecular formula is C16H22N2O2. The summed E-state index contributed by atoms with van der Waals surface area (Å²) < 4.78 is 0. The van der Waals surface area contributed by atoms with Crippen molar-refractivity contribution in [1.29, 1.82) is 5.26 Å². The lowest BCUT2D eigenvalue weighted by Crippen LogP contribution is -2.40. The Morgan fingerprint density at radius 3 is 2.35 bits per heavy atom. The third-order valence-electron chi connectivity index (χ3n) is 3.25. The van der Waals surface area contributed by atoms with Crippen LogP contribution in [0.4, 0.5) is 0 Å². The Labute approximate surface area is 120 Å². The van der Waals surface area contributed by atoms with Crippen LogP contribution in [0.15, 0.2) is 30.3 Å². The molecule has 4 heteroatoms. The number of nitrogens with zero attached hydrogens (tertiary/aromatic N) is 1. The average Bonchev–Trinajstić information content (AvgIpc) is 2.48. The number of nitriles is 1. The van der Waals surface area contributed by atoms with Gasteiger partial charge >= 0.3 is 0 Å². The number of hydrogen-bond acceptors (Lipinski definition) is 3. The molecule has 1 amide bonds. The van der Waals surface area contributed by atoms with E-state index in [1.165, 1.54) is 0 Å². The highest BCUT2D eigenvalue weighted by Gasteiger charge is 2.37. The molecule has 20 heavy (non-hydrogen) atoms. The lowest BCUT2D eigenvalue weighted by Gasteiger charge is -2.24. The van der Waals surface area contributed by atoms with E-state index >= 15 is 0 Å². The van der Waals surface area contributed by atoms with Gasteiger partial charge in [-0.2, -0.15) is 5.26 Å². The van der Waals surface area contributed by atoms with Crippen molar-refractivity contribution >= 4 is 5.91 Å². The first-order chi connectivity index (χ1) is 9.68. The van der Waals surface area contributed by atoms with Gasteiger partial charge in [-0.3, -0.25) is 9.63 Å². The third kappa shape index (κ3) is 4.36. The van der Waals surface area contributed by atoms with E-state index in [2.05, 4.69) is 11.5 Å². The molecule has 4 nitrogen and oxygen atoms in total. The predicted octanol–water partition coefficient (Wildman–Crippen LogP) is 3.34. The van der Waals surface area contributed by atoms with Crippen LogP contribution in [0.25, 0.3) is 0 Å². The van der Waals surface area contributed by atoms with Crippen LogP contribution < -0.4 is 5.48 Å². The quantitative estimate of drug-likeness (QED) is 0.739. The van der Waals surface area contributed by atoms with Crippen LogP contribution in [0.1, 0.15) is 45.1 Å². The van der Waals surface area contributed by atoms with Crippen molar-refractivity contribution in [3.63, 3.8) is 0 Å². The molecule has 1 N–H and O–H groups in total. The first kappa shape index (κ1) is 16.2. The summed E-state index contributed by atoms with van der Waals surface area (Å²) in [6.45, 7) is 4.24. The molecule has 1 aromatic carbocycles. The van der Waals surface area contributed by atoms with Gasteiger partial charge in [0, 0.05) is 0 Å². The zero-order valence-electron chi connectivity index (χ0n) is 12.2. The molecule has 1 rings (SSSR count). The lowest BCUT2D eigenvalue weighted by molar-refractivity contribution is -0.143. The summed E-state index contributed by atoms with van der Waals surface area (Å²) in [5.41, 5.74) is 2.43. The molecule has 0 aliphatic carbocycles. The largest absolute Gasteiger partial charge is 0.271 e. The smallest absolute Gasteiger partial charge is 0.264 e. The first-order valence-corrected chi connectivity index (χ1v) is 7.06. The summed E-state index contributed by atoms with van der Waals surface area (Å²) >= 11 is 0. The summed E-state index contributed by atoms with van der Waals surface area (Å²) in [5.74, 6) is -0.334. The second-order valence-corrected chi connectivity index (χ2v) is 4.90. The van der Waals surface area contributed by atoms with E-state index in [1.54, 1.807) is 0 Å². The summed E-state index contributed by atoms with van der Waals surface area (Å²) in [7, 11) is 0. The van der Waals surface area contributed by atoms with Gasteiger partial charge in [-0.25, -0.2) is 5.48 Å². The Morgan fingerprint density at radius 1 is 1.25 bits per heavy atom. The van der Waals surface area contributed by atoms with Crippen LogP contribution in [0.2, 0.25) is 0 Å². The molecule has 0 saturated heterocycles. The second-order valence-electron chi connectivity index (χ2n) is 4.90. The van der Waals surface area contributed by atoms with Crippen LogP contribution in [-0.4, -0.2) is 5.91 Å². The fourth-order valence-corrected chi connectivity index (χ4v) is 2.23. The lowest BCUT2D eigenvalue weighted by atomic mass is 9.80. The van der Waals surface area contributed by atoms with Gasteiger partial charge in [0.15, 0.2) is 0 Å². The standard InChI is InChI=1S/C16H22N2O2/c1-3-10-16(13-17,11-4-2)15(19)18-20-12-14-8-6-5-7-9-14/h5-9H,3-4,10-12H2,1-2H3,(H,18,19). The van der Waals surface area contributed by atoms with Crippen molar-refractivity contribution in [2.24, 2.45) is 5.41 Å². The number of rotatable bonds is 8. The van der Waals surface area contributed by atoms with E-state index in [4.69, 9.17) is 4.84 Å². The SMILES string of the molecule is CCCC(C#N)(CCC)C(=O)NOCc1ccccc1. The van der Waals surface area contributed by atoms with E-state index in [9.17, 15) is 10.1 Å². The maximum Gasteiger partial charge on any atom is 0.264 e. The van der Waals surface area contributed by atoms with Gasteiger partial charge in [0.05, 0.1) is 12.7 Å². The van der Waals surface area contributed by atoms with Crippen molar-refractivity contribution in [3.05, 3.63) is 35.9 Å². The first-order valence-electron chi connectivity index (χ1n) is 7.06. The molecule has 0 radical (unpaired) electrons. The number of hydroxylamine groups is 1. The van der Waals surface area contributed by atoms with Crippen molar-refractivity contribution in [1.82, 2.24) is 5.48 Å². The molecule has 0 fully saturated rings. The van der Waals surface area contributed by atoms with Crippen LogP contribution >= 0.6 is 0 Å². The zero-order valence-corrected chi connectivity index (χ0v) is 12.2. The predicted molar refractivity (Wildman–Crippen MR) is 77.2 cm³/mol. The minimum atomic E-state index is -0.972. The molecule has 0 spiro atoms. The molecule has 1 aromatic rings. The van der Waals surface area contributed by atoms with Crippen molar-refractivity contribution < 1.29 is 9.63 Å². The second kappa shape index (κ2) is 8.34. The maximum absolute atomic E-state index is 12.2. The third-order valence-corrected chi connectivity index (χ3v) is 3.25. The number of carbonyl (C=O) groups excluding carboxylic acids is 1. The Balaban J connectivity index is 2.56. The minimum absolute atomic E-state index is 0.298. The topological polar surface area (TPSA) is 62.1 Å². The van der Waals surface area contributed by atoms with Crippen LogP contribution in [-0.2, 0) is 16.2 Å². The highest BCUT2D eigenvalue weighted by molar-refractivity contribution is 5.84. The number of carbonyl (C=O) groups is 1. The van der Waals surface area contributed by atoms with Crippen molar-refractivity contribution in [2.75, 3.05) is 0 Å². The molecule has 0 atom stereocenters. The van der Waals surface area contributed by atoms with Crippen molar-refractivity contribution in [3.8, 4) is 6.07 Å². The Hall–Kier alpha value is -1.86. The molecule has 108 valence electrons. The fourth-order valence-electron chi connectivity index (χ4n) is 2.23. The minimum Gasteiger partial charge on any atom is -0.271 e. The van der Waals surface area contributed by atoms with E-state index in [-0.39, 0.29) is 5.91 Å². The molecule has 0 saturated carbocycles. The van der Waals surface area contributed by atoms with Gasteiger partial charge in [-0.1, -0.05) is 57.0 Å². The van der Waals surface area contributed by atoms with Gasteiger partial charge in [-0.05, 0) is 18.4 Å². The van der Waals surface area contributed by atoms with Crippen molar-refractivity contribution in [2.45, 2.75) is 46.1 Å². The molecule has 0 unspecified atom stereocenters. The molecule has 0 aromatic heterocycles. The molecular weight excluding hydrogens is 252 g/mol. The summed E-state index contributed by atoms with van der Waals surface area (Å²) in [6.07, 6.45) is 2.69. The average molecular weight is 274 g/mol. The van der Waals surface area contributed by atoms with Crippen LogP contribution in [0, 0.1) is 16.7 Å². The molecule has 0 aliphatic rings. The van der Waals surface area contributed by atoms with Gasteiger partial charge in [0.25, 0.3) is 5.91 Å². The number of hydrogen-bond donors (Lipinski definition) is 1. The molecule has 0 heterocycles. The number of nitrogens with one attached hydrogen (secondary N) is 1. The van der Waals surface area contributed by atoms with Gasteiger partial charge in [0.2, 0.25) is 0 Å².